The van der Waals surface area contributed by atoms with Crippen LogP contribution in [0.25, 0.3) is 0 Å². The molecular formula is C12H26N2O4. The molecule has 1 fully saturated rings. The summed E-state index contributed by atoms with van der Waals surface area (Å²) < 4.78 is 21.7. The predicted octanol–water partition coefficient (Wildman–Crippen LogP) is -0.673. The fourth-order valence-electron chi connectivity index (χ4n) is 1.67. The molecule has 0 spiro atoms. The largest absolute Gasteiger partial charge is 0.378 e. The van der Waals surface area contributed by atoms with E-state index >= 15 is 0 Å². The van der Waals surface area contributed by atoms with Gasteiger partial charge in [0.25, 0.3) is 0 Å². The van der Waals surface area contributed by atoms with Crippen molar-refractivity contribution in [2.45, 2.75) is 0 Å². The lowest BCUT2D eigenvalue weighted by Crippen LogP contribution is -2.35. The van der Waals surface area contributed by atoms with Crippen molar-refractivity contribution >= 4 is 0 Å². The second-order valence-corrected chi connectivity index (χ2v) is 4.08. The molecule has 0 radical (unpaired) electrons. The van der Waals surface area contributed by atoms with E-state index in [1.54, 1.807) is 0 Å². The van der Waals surface area contributed by atoms with E-state index in [0.717, 1.165) is 19.6 Å². The Morgan fingerprint density at radius 3 is 1.44 bits per heavy atom. The predicted molar refractivity (Wildman–Crippen MR) is 68.8 cm³/mol. The Balaban J connectivity index is 2.20. The standard InChI is InChI=1S/C12H26N2O4/c13-1-2-14-3-5-15-7-9-17-11-12-18-10-8-16-6-4-14/h1-13H2. The summed E-state index contributed by atoms with van der Waals surface area (Å²) in [6, 6.07) is 0. The Labute approximate surface area is 109 Å². The summed E-state index contributed by atoms with van der Waals surface area (Å²) in [5, 5.41) is 0. The molecule has 2 N–H and O–H groups in total. The van der Waals surface area contributed by atoms with Crippen LogP contribution in [0.3, 0.4) is 0 Å². The van der Waals surface area contributed by atoms with Crippen molar-refractivity contribution in [2.75, 3.05) is 79.0 Å². The minimum absolute atomic E-state index is 0.614. The monoisotopic (exact) mass is 262 g/mol. The molecule has 1 aliphatic rings. The molecule has 0 aromatic rings. The molecule has 0 amide bonds. The van der Waals surface area contributed by atoms with Gasteiger partial charge in [0.1, 0.15) is 0 Å². The van der Waals surface area contributed by atoms with E-state index in [4.69, 9.17) is 24.7 Å². The molecule has 0 aromatic heterocycles. The van der Waals surface area contributed by atoms with Crippen molar-refractivity contribution in [2.24, 2.45) is 5.73 Å². The first-order valence-electron chi connectivity index (χ1n) is 6.67. The molecule has 1 aliphatic heterocycles. The summed E-state index contributed by atoms with van der Waals surface area (Å²) in [7, 11) is 0. The molecule has 1 rings (SSSR count). The highest BCUT2D eigenvalue weighted by Crippen LogP contribution is 1.91. The molecule has 0 unspecified atom stereocenters. The smallest absolute Gasteiger partial charge is 0.0701 e. The van der Waals surface area contributed by atoms with Crippen molar-refractivity contribution < 1.29 is 18.9 Å². The SMILES string of the molecule is NCCN1CCOCCOCCOCCOCC1. The first kappa shape index (κ1) is 15.8. The maximum atomic E-state index is 5.58. The number of ether oxygens (including phenoxy) is 4. The molecule has 1 saturated heterocycles. The van der Waals surface area contributed by atoms with Crippen molar-refractivity contribution in [1.82, 2.24) is 4.90 Å². The minimum Gasteiger partial charge on any atom is -0.378 e. The Hall–Kier alpha value is -0.240. The zero-order valence-corrected chi connectivity index (χ0v) is 11.1. The highest BCUT2D eigenvalue weighted by atomic mass is 16.6. The third-order valence-electron chi connectivity index (χ3n) is 2.67. The van der Waals surface area contributed by atoms with E-state index in [9.17, 15) is 0 Å². The molecule has 0 aromatic carbocycles. The fourth-order valence-corrected chi connectivity index (χ4v) is 1.67. The lowest BCUT2D eigenvalue weighted by molar-refractivity contribution is 0.00206. The molecule has 18 heavy (non-hydrogen) atoms. The average Bonchev–Trinajstić information content (AvgIpc) is 2.39. The van der Waals surface area contributed by atoms with E-state index < -0.39 is 0 Å². The first-order chi connectivity index (χ1) is 8.93. The maximum Gasteiger partial charge on any atom is 0.0701 e. The zero-order chi connectivity index (χ0) is 12.9. The summed E-state index contributed by atoms with van der Waals surface area (Å²) in [4.78, 5) is 2.25. The van der Waals surface area contributed by atoms with Crippen LogP contribution < -0.4 is 5.73 Å². The van der Waals surface area contributed by atoms with E-state index in [0.29, 0.717) is 59.4 Å². The Bertz CT molecular complexity index is 167. The van der Waals surface area contributed by atoms with Gasteiger partial charge in [0.15, 0.2) is 0 Å². The summed E-state index contributed by atoms with van der Waals surface area (Å²) in [6.45, 7) is 8.46. The van der Waals surface area contributed by atoms with Gasteiger partial charge in [-0.3, -0.25) is 4.90 Å². The third kappa shape index (κ3) is 8.79. The number of nitrogens with two attached hydrogens (primary N) is 1. The zero-order valence-electron chi connectivity index (χ0n) is 11.1. The molecule has 6 nitrogen and oxygen atoms in total. The molecule has 0 atom stereocenters. The number of rotatable bonds is 2. The lowest BCUT2D eigenvalue weighted by Gasteiger charge is -2.21. The van der Waals surface area contributed by atoms with Gasteiger partial charge in [0, 0.05) is 26.2 Å². The first-order valence-corrected chi connectivity index (χ1v) is 6.67. The molecular weight excluding hydrogens is 236 g/mol. The van der Waals surface area contributed by atoms with Gasteiger partial charge >= 0.3 is 0 Å². The van der Waals surface area contributed by atoms with Crippen molar-refractivity contribution in [1.29, 1.82) is 0 Å². The van der Waals surface area contributed by atoms with Gasteiger partial charge in [0.2, 0.25) is 0 Å². The van der Waals surface area contributed by atoms with Crippen molar-refractivity contribution in [3.8, 4) is 0 Å². The topological polar surface area (TPSA) is 66.2 Å². The number of hydrogen-bond donors (Lipinski definition) is 1. The number of hydrogen-bond acceptors (Lipinski definition) is 6. The second kappa shape index (κ2) is 11.8. The summed E-state index contributed by atoms with van der Waals surface area (Å²) >= 11 is 0. The van der Waals surface area contributed by atoms with Gasteiger partial charge in [-0.05, 0) is 0 Å². The highest BCUT2D eigenvalue weighted by Gasteiger charge is 2.04. The molecule has 0 saturated carbocycles. The van der Waals surface area contributed by atoms with Crippen LogP contribution in [0.2, 0.25) is 0 Å². The summed E-state index contributed by atoms with van der Waals surface area (Å²) in [5.74, 6) is 0. The van der Waals surface area contributed by atoms with E-state index in [-0.39, 0.29) is 0 Å². The summed E-state index contributed by atoms with van der Waals surface area (Å²) in [6.07, 6.45) is 0. The van der Waals surface area contributed by atoms with Crippen LogP contribution >= 0.6 is 0 Å². The van der Waals surface area contributed by atoms with Gasteiger partial charge in [0.05, 0.1) is 52.9 Å². The second-order valence-electron chi connectivity index (χ2n) is 4.08. The van der Waals surface area contributed by atoms with Gasteiger partial charge in [-0.15, -0.1) is 0 Å². The quantitative estimate of drug-likeness (QED) is 0.712. The van der Waals surface area contributed by atoms with Gasteiger partial charge < -0.3 is 24.7 Å². The van der Waals surface area contributed by atoms with Crippen molar-refractivity contribution in [3.05, 3.63) is 0 Å². The fraction of sp³-hybridized carbons (Fsp3) is 1.00. The number of nitrogens with zero attached hydrogens (tertiary/aromatic N) is 1. The van der Waals surface area contributed by atoms with Gasteiger partial charge in [-0.25, -0.2) is 0 Å². The molecule has 108 valence electrons. The van der Waals surface area contributed by atoms with Crippen LogP contribution in [0.5, 0.6) is 0 Å². The maximum absolute atomic E-state index is 5.58. The van der Waals surface area contributed by atoms with E-state index in [1.807, 2.05) is 0 Å². The third-order valence-corrected chi connectivity index (χ3v) is 2.67. The Morgan fingerprint density at radius 2 is 1.06 bits per heavy atom. The summed E-state index contributed by atoms with van der Waals surface area (Å²) in [5.41, 5.74) is 5.58. The van der Waals surface area contributed by atoms with E-state index in [2.05, 4.69) is 4.90 Å². The normalized spacial score (nSPS) is 23.2. The van der Waals surface area contributed by atoms with Crippen LogP contribution in [-0.4, -0.2) is 83.9 Å². The van der Waals surface area contributed by atoms with Crippen LogP contribution in [0.1, 0.15) is 0 Å². The lowest BCUT2D eigenvalue weighted by atomic mass is 10.4. The average molecular weight is 262 g/mol. The molecule has 0 bridgehead atoms. The van der Waals surface area contributed by atoms with Gasteiger partial charge in [-0.2, -0.15) is 0 Å². The highest BCUT2D eigenvalue weighted by molar-refractivity contribution is 4.57. The molecule has 1 heterocycles. The van der Waals surface area contributed by atoms with E-state index in [1.165, 1.54) is 0 Å². The minimum atomic E-state index is 0.614. The van der Waals surface area contributed by atoms with Crippen LogP contribution in [0, 0.1) is 0 Å². The Morgan fingerprint density at radius 1 is 0.667 bits per heavy atom. The van der Waals surface area contributed by atoms with Crippen LogP contribution in [-0.2, 0) is 18.9 Å². The van der Waals surface area contributed by atoms with Crippen LogP contribution in [0.15, 0.2) is 0 Å². The van der Waals surface area contributed by atoms with Gasteiger partial charge in [-0.1, -0.05) is 0 Å². The molecule has 6 heteroatoms. The van der Waals surface area contributed by atoms with Crippen molar-refractivity contribution in [3.63, 3.8) is 0 Å². The van der Waals surface area contributed by atoms with Crippen LogP contribution in [0.4, 0.5) is 0 Å². The Kier molecular flexibility index (Phi) is 10.4. The molecule has 0 aliphatic carbocycles.